The van der Waals surface area contributed by atoms with Crippen LogP contribution >= 0.6 is 11.3 Å². The first-order chi connectivity index (χ1) is 12.2. The van der Waals surface area contributed by atoms with Gasteiger partial charge in [-0.1, -0.05) is 24.3 Å². The Kier molecular flexibility index (Phi) is 4.70. The summed E-state index contributed by atoms with van der Waals surface area (Å²) in [5, 5.41) is 3.16. The highest BCUT2D eigenvalue weighted by Crippen LogP contribution is 2.21. The van der Waals surface area contributed by atoms with E-state index in [0.717, 1.165) is 49.2 Å². The highest BCUT2D eigenvalue weighted by Gasteiger charge is 2.27. The Hall–Kier alpha value is -1.95. The number of carbonyl (C=O) groups is 1. The van der Waals surface area contributed by atoms with E-state index in [9.17, 15) is 4.79 Å². The third kappa shape index (κ3) is 3.40. The van der Waals surface area contributed by atoms with Crippen molar-refractivity contribution < 1.29 is 4.79 Å². The molecule has 0 bridgehead atoms. The minimum Gasteiger partial charge on any atom is -0.360 e. The average Bonchev–Trinajstić information content (AvgIpc) is 3.31. The average molecular weight is 353 g/mol. The van der Waals surface area contributed by atoms with Crippen LogP contribution in [0.4, 0.5) is 0 Å². The SMILES string of the molecule is C[C@H](C(=O)c1c[nH]c2ccccc12)N1CCN(Cc2cccs2)CC1. The molecular formula is C20H23N3OS. The number of ketones is 1. The predicted molar refractivity (Wildman–Crippen MR) is 103 cm³/mol. The van der Waals surface area contributed by atoms with Crippen molar-refractivity contribution in [1.82, 2.24) is 14.8 Å². The number of hydrogen-bond donors (Lipinski definition) is 1. The number of rotatable bonds is 5. The van der Waals surface area contributed by atoms with Gasteiger partial charge in [0, 0.05) is 60.3 Å². The lowest BCUT2D eigenvalue weighted by Crippen LogP contribution is -2.51. The lowest BCUT2D eigenvalue weighted by atomic mass is 10.0. The van der Waals surface area contributed by atoms with Gasteiger partial charge in [0.1, 0.15) is 0 Å². The molecule has 0 spiro atoms. The van der Waals surface area contributed by atoms with Crippen molar-refractivity contribution in [2.75, 3.05) is 26.2 Å². The van der Waals surface area contributed by atoms with E-state index in [1.807, 2.05) is 48.7 Å². The van der Waals surface area contributed by atoms with Crippen LogP contribution in [0, 0.1) is 0 Å². The molecule has 4 rings (SSSR count). The van der Waals surface area contributed by atoms with Crippen LogP contribution in [0.5, 0.6) is 0 Å². The molecule has 0 aliphatic carbocycles. The van der Waals surface area contributed by atoms with Gasteiger partial charge in [-0.15, -0.1) is 11.3 Å². The Morgan fingerprint density at radius 2 is 1.96 bits per heavy atom. The van der Waals surface area contributed by atoms with Crippen molar-refractivity contribution in [3.63, 3.8) is 0 Å². The maximum absolute atomic E-state index is 13.0. The number of nitrogens with zero attached hydrogens (tertiary/aromatic N) is 2. The number of carbonyl (C=O) groups excluding carboxylic acids is 1. The second-order valence-electron chi connectivity index (χ2n) is 6.68. The highest BCUT2D eigenvalue weighted by atomic mass is 32.1. The Morgan fingerprint density at radius 1 is 1.16 bits per heavy atom. The summed E-state index contributed by atoms with van der Waals surface area (Å²) in [7, 11) is 0. The van der Waals surface area contributed by atoms with Crippen molar-refractivity contribution in [3.05, 3.63) is 58.4 Å². The number of Topliss-reactive ketones (excluding diaryl/α,β-unsaturated/α-hetero) is 1. The molecule has 1 aliphatic heterocycles. The zero-order valence-corrected chi connectivity index (χ0v) is 15.3. The second-order valence-corrected chi connectivity index (χ2v) is 7.71. The Labute approximate surface area is 152 Å². The van der Waals surface area contributed by atoms with Crippen molar-refractivity contribution in [2.24, 2.45) is 0 Å². The molecule has 0 radical (unpaired) electrons. The number of benzene rings is 1. The summed E-state index contributed by atoms with van der Waals surface area (Å²) in [5.41, 5.74) is 1.84. The lowest BCUT2D eigenvalue weighted by Gasteiger charge is -2.37. The molecule has 25 heavy (non-hydrogen) atoms. The van der Waals surface area contributed by atoms with Gasteiger partial charge in [0.2, 0.25) is 0 Å². The fourth-order valence-corrected chi connectivity index (χ4v) is 4.34. The Bertz CT molecular complexity index is 847. The summed E-state index contributed by atoms with van der Waals surface area (Å²) in [5.74, 6) is 0.212. The van der Waals surface area contributed by atoms with E-state index in [2.05, 4.69) is 32.3 Å². The van der Waals surface area contributed by atoms with Crippen molar-refractivity contribution in [1.29, 1.82) is 0 Å². The number of piperazine rings is 1. The van der Waals surface area contributed by atoms with Crippen molar-refractivity contribution >= 4 is 28.0 Å². The van der Waals surface area contributed by atoms with Gasteiger partial charge in [0.25, 0.3) is 0 Å². The third-order valence-electron chi connectivity index (χ3n) is 5.15. The number of fused-ring (bicyclic) bond motifs is 1. The molecule has 0 amide bonds. The fraction of sp³-hybridized carbons (Fsp3) is 0.350. The molecule has 2 aromatic heterocycles. The van der Waals surface area contributed by atoms with Gasteiger partial charge in [-0.2, -0.15) is 0 Å². The van der Waals surface area contributed by atoms with Crippen LogP contribution in [0.25, 0.3) is 10.9 Å². The summed E-state index contributed by atoms with van der Waals surface area (Å²) < 4.78 is 0. The van der Waals surface area contributed by atoms with Crippen LogP contribution in [-0.2, 0) is 6.54 Å². The van der Waals surface area contributed by atoms with Gasteiger partial charge >= 0.3 is 0 Å². The topological polar surface area (TPSA) is 39.3 Å². The first-order valence-corrected chi connectivity index (χ1v) is 9.69. The molecule has 130 valence electrons. The normalized spacial score (nSPS) is 17.8. The van der Waals surface area contributed by atoms with Gasteiger partial charge < -0.3 is 4.98 Å². The van der Waals surface area contributed by atoms with Crippen LogP contribution in [0.15, 0.2) is 48.0 Å². The molecule has 1 saturated heterocycles. The number of H-pyrrole nitrogens is 1. The van der Waals surface area contributed by atoms with E-state index in [-0.39, 0.29) is 11.8 Å². The van der Waals surface area contributed by atoms with Gasteiger partial charge in [-0.25, -0.2) is 0 Å². The smallest absolute Gasteiger partial charge is 0.181 e. The van der Waals surface area contributed by atoms with Crippen molar-refractivity contribution in [2.45, 2.75) is 19.5 Å². The van der Waals surface area contributed by atoms with E-state index >= 15 is 0 Å². The summed E-state index contributed by atoms with van der Waals surface area (Å²) in [6.45, 7) is 6.99. The largest absolute Gasteiger partial charge is 0.360 e. The van der Waals surface area contributed by atoms with E-state index in [0.29, 0.717) is 0 Å². The molecule has 5 heteroatoms. The zero-order valence-electron chi connectivity index (χ0n) is 14.4. The van der Waals surface area contributed by atoms with Gasteiger partial charge in [0.05, 0.1) is 6.04 Å². The van der Waals surface area contributed by atoms with Crippen LogP contribution in [0.1, 0.15) is 22.2 Å². The van der Waals surface area contributed by atoms with Gasteiger partial charge in [-0.05, 0) is 24.4 Å². The molecule has 3 aromatic rings. The first kappa shape index (κ1) is 16.5. The summed E-state index contributed by atoms with van der Waals surface area (Å²) in [4.78, 5) is 22.4. The summed E-state index contributed by atoms with van der Waals surface area (Å²) in [6, 6.07) is 12.2. The van der Waals surface area contributed by atoms with E-state index in [4.69, 9.17) is 0 Å². The maximum Gasteiger partial charge on any atom is 0.181 e. The van der Waals surface area contributed by atoms with E-state index in [1.165, 1.54) is 4.88 Å². The number of nitrogens with one attached hydrogen (secondary N) is 1. The van der Waals surface area contributed by atoms with Gasteiger partial charge in [0.15, 0.2) is 5.78 Å². The monoisotopic (exact) mass is 353 g/mol. The second kappa shape index (κ2) is 7.12. The molecule has 4 nitrogen and oxygen atoms in total. The summed E-state index contributed by atoms with van der Waals surface area (Å²) in [6.07, 6.45) is 1.86. The molecule has 0 unspecified atom stereocenters. The van der Waals surface area contributed by atoms with Crippen LogP contribution in [0.2, 0.25) is 0 Å². The summed E-state index contributed by atoms with van der Waals surface area (Å²) >= 11 is 1.82. The zero-order chi connectivity index (χ0) is 17.2. The molecule has 1 fully saturated rings. The molecule has 1 aromatic carbocycles. The molecule has 3 heterocycles. The number of aromatic amines is 1. The minimum absolute atomic E-state index is 0.0805. The van der Waals surface area contributed by atoms with Gasteiger partial charge in [-0.3, -0.25) is 14.6 Å². The number of aromatic nitrogens is 1. The third-order valence-corrected chi connectivity index (χ3v) is 6.01. The maximum atomic E-state index is 13.0. The van der Waals surface area contributed by atoms with E-state index < -0.39 is 0 Å². The van der Waals surface area contributed by atoms with Crippen LogP contribution in [0.3, 0.4) is 0 Å². The Balaban J connectivity index is 1.40. The van der Waals surface area contributed by atoms with Crippen LogP contribution < -0.4 is 0 Å². The molecule has 1 aliphatic rings. The van der Waals surface area contributed by atoms with Crippen molar-refractivity contribution in [3.8, 4) is 0 Å². The quantitative estimate of drug-likeness (QED) is 0.712. The molecule has 1 atom stereocenters. The molecule has 1 N–H and O–H groups in total. The first-order valence-electron chi connectivity index (χ1n) is 8.81. The fourth-order valence-electron chi connectivity index (χ4n) is 3.60. The minimum atomic E-state index is -0.0805. The lowest BCUT2D eigenvalue weighted by molar-refractivity contribution is 0.0690. The predicted octanol–water partition coefficient (Wildman–Crippen LogP) is 3.62. The number of hydrogen-bond acceptors (Lipinski definition) is 4. The highest BCUT2D eigenvalue weighted by molar-refractivity contribution is 7.09. The molecule has 0 saturated carbocycles. The van der Waals surface area contributed by atoms with Crippen LogP contribution in [-0.4, -0.2) is 52.8 Å². The standard InChI is InChI=1S/C20H23N3OS/c1-15(20(24)18-13-21-19-7-3-2-6-17(18)19)23-10-8-22(9-11-23)14-16-5-4-12-25-16/h2-7,12-13,15,21H,8-11,14H2,1H3/t15-/m1/s1. The van der Waals surface area contributed by atoms with E-state index in [1.54, 1.807) is 0 Å². The number of para-hydroxylation sites is 1. The Morgan fingerprint density at radius 3 is 2.72 bits per heavy atom. The number of thiophene rings is 1. The molecular weight excluding hydrogens is 330 g/mol.